The summed E-state index contributed by atoms with van der Waals surface area (Å²) in [5.41, 5.74) is 6.93. The molecule has 34 heavy (non-hydrogen) atoms. The maximum absolute atomic E-state index is 4.76. The lowest BCUT2D eigenvalue weighted by atomic mass is 9.58. The summed E-state index contributed by atoms with van der Waals surface area (Å²) in [5.74, 6) is 0.171. The van der Waals surface area contributed by atoms with Crippen LogP contribution in [-0.4, -0.2) is 26.4 Å². The van der Waals surface area contributed by atoms with Crippen LogP contribution in [-0.2, 0) is 6.17 Å². The Kier molecular flexibility index (Phi) is 7.17. The normalized spacial score (nSPS) is 11.5. The second-order valence-corrected chi connectivity index (χ2v) is 10.4. The van der Waals surface area contributed by atoms with Gasteiger partial charge in [0.05, 0.1) is 15.2 Å². The van der Waals surface area contributed by atoms with Gasteiger partial charge in [-0.05, 0) is 33.6 Å². The Balaban J connectivity index is 1.39. The first kappa shape index (κ1) is 22.2. The van der Waals surface area contributed by atoms with Crippen LogP contribution in [0.15, 0.2) is 134 Å². The number of benzene rings is 4. The monoisotopic (exact) mass is 455 g/mol. The Bertz CT molecular complexity index is 1200. The third kappa shape index (κ3) is 5.29. The fourth-order valence-corrected chi connectivity index (χ4v) is 6.81. The van der Waals surface area contributed by atoms with Crippen molar-refractivity contribution in [2.24, 2.45) is 0 Å². The standard InChI is InChI=1S/C30H28BN2Si/c1-5-13-24(14-6-1)28(25-15-7-2-8-16-25)31-30-32-21-22-33(30)23-34-29(26-17-9-3-10-18-26)27-19-11-4-12-20-27/h1-22,28-29H,23,34H2. The maximum atomic E-state index is 4.76. The fourth-order valence-electron chi connectivity index (χ4n) is 4.69. The van der Waals surface area contributed by atoms with Crippen LogP contribution in [0.2, 0.25) is 0 Å². The molecule has 5 rings (SSSR count). The average Bonchev–Trinajstić information content (AvgIpc) is 3.36. The van der Waals surface area contributed by atoms with Crippen LogP contribution in [0.5, 0.6) is 0 Å². The highest BCUT2D eigenvalue weighted by Gasteiger charge is 2.20. The molecule has 0 aliphatic rings. The topological polar surface area (TPSA) is 17.8 Å². The van der Waals surface area contributed by atoms with E-state index in [1.807, 2.05) is 6.20 Å². The van der Waals surface area contributed by atoms with E-state index in [0.717, 1.165) is 11.9 Å². The van der Waals surface area contributed by atoms with E-state index in [1.165, 1.54) is 22.3 Å². The molecule has 5 aromatic rings. The van der Waals surface area contributed by atoms with E-state index in [0.29, 0.717) is 5.54 Å². The third-order valence-corrected chi connectivity index (χ3v) is 8.70. The molecule has 1 heterocycles. The van der Waals surface area contributed by atoms with Gasteiger partial charge >= 0.3 is 0 Å². The first-order chi connectivity index (χ1) is 16.9. The van der Waals surface area contributed by atoms with E-state index in [4.69, 9.17) is 4.98 Å². The summed E-state index contributed by atoms with van der Waals surface area (Å²) < 4.78 is 2.35. The molecule has 0 N–H and O–H groups in total. The molecule has 0 saturated carbocycles. The van der Waals surface area contributed by atoms with Gasteiger partial charge in [0, 0.05) is 18.6 Å². The Morgan fingerprint density at radius 3 is 1.53 bits per heavy atom. The molecular weight excluding hydrogens is 427 g/mol. The van der Waals surface area contributed by atoms with Gasteiger partial charge < -0.3 is 4.57 Å². The van der Waals surface area contributed by atoms with Crippen LogP contribution in [0.4, 0.5) is 0 Å². The lowest BCUT2D eigenvalue weighted by Gasteiger charge is -2.20. The first-order valence-corrected chi connectivity index (χ1v) is 13.8. The van der Waals surface area contributed by atoms with Crippen LogP contribution in [0, 0.1) is 0 Å². The van der Waals surface area contributed by atoms with Crippen molar-refractivity contribution < 1.29 is 0 Å². The average molecular weight is 455 g/mol. The predicted molar refractivity (Wildman–Crippen MR) is 146 cm³/mol. The van der Waals surface area contributed by atoms with Crippen molar-refractivity contribution in [2.45, 2.75) is 17.5 Å². The molecule has 0 atom stereocenters. The molecule has 0 unspecified atom stereocenters. The van der Waals surface area contributed by atoms with Crippen molar-refractivity contribution in [3.05, 3.63) is 156 Å². The zero-order valence-corrected chi connectivity index (χ0v) is 20.7. The van der Waals surface area contributed by atoms with Crippen LogP contribution < -0.4 is 5.72 Å². The highest BCUT2D eigenvalue weighted by molar-refractivity contribution is 6.54. The van der Waals surface area contributed by atoms with Crippen LogP contribution in [0.1, 0.15) is 33.6 Å². The highest BCUT2D eigenvalue weighted by Crippen LogP contribution is 2.25. The number of rotatable bonds is 9. The molecule has 0 bridgehead atoms. The second-order valence-electron chi connectivity index (χ2n) is 8.61. The molecule has 0 fully saturated rings. The smallest absolute Gasteiger partial charge is 0.215 e. The van der Waals surface area contributed by atoms with Crippen LogP contribution in [0.25, 0.3) is 0 Å². The molecule has 0 saturated heterocycles. The zero-order chi connectivity index (χ0) is 23.0. The zero-order valence-electron chi connectivity index (χ0n) is 19.2. The Morgan fingerprint density at radius 1 is 0.618 bits per heavy atom. The molecule has 0 aliphatic heterocycles. The quantitative estimate of drug-likeness (QED) is 0.289. The van der Waals surface area contributed by atoms with Gasteiger partial charge in [0.15, 0.2) is 0 Å². The molecule has 0 amide bonds. The SMILES string of the molecule is [B](c1nccn1C[SiH2]C(c1ccccc1)c1ccccc1)C(c1ccccc1)c1ccccc1. The Hall–Kier alpha value is -3.63. The molecular formula is C30H28BN2Si. The van der Waals surface area contributed by atoms with Crippen molar-refractivity contribution in [2.75, 3.05) is 0 Å². The van der Waals surface area contributed by atoms with Gasteiger partial charge in [0.25, 0.3) is 0 Å². The third-order valence-electron chi connectivity index (χ3n) is 6.44. The number of imidazole rings is 1. The van der Waals surface area contributed by atoms with Crippen molar-refractivity contribution in [3.63, 3.8) is 0 Å². The minimum Gasteiger partial charge on any atom is -0.347 e. The minimum atomic E-state index is -0.518. The van der Waals surface area contributed by atoms with Crippen LogP contribution in [0.3, 0.4) is 0 Å². The molecule has 1 radical (unpaired) electrons. The van der Waals surface area contributed by atoms with E-state index >= 15 is 0 Å². The highest BCUT2D eigenvalue weighted by atomic mass is 28.2. The van der Waals surface area contributed by atoms with Crippen molar-refractivity contribution in [3.8, 4) is 0 Å². The molecule has 4 aromatic carbocycles. The van der Waals surface area contributed by atoms with Gasteiger partial charge in [-0.1, -0.05) is 121 Å². The van der Waals surface area contributed by atoms with Gasteiger partial charge in [0.1, 0.15) is 0 Å². The van der Waals surface area contributed by atoms with Crippen molar-refractivity contribution in [1.82, 2.24) is 9.55 Å². The lowest BCUT2D eigenvalue weighted by Crippen LogP contribution is -2.33. The number of nitrogens with zero attached hydrogens (tertiary/aromatic N) is 2. The van der Waals surface area contributed by atoms with Gasteiger partial charge in [-0.3, -0.25) is 4.98 Å². The molecule has 0 aliphatic carbocycles. The number of hydrogen-bond acceptors (Lipinski definition) is 1. The van der Waals surface area contributed by atoms with E-state index in [9.17, 15) is 0 Å². The summed E-state index contributed by atoms with van der Waals surface area (Å²) in [6.45, 7) is 0. The second kappa shape index (κ2) is 11.0. The molecule has 165 valence electrons. The molecule has 2 nitrogen and oxygen atoms in total. The van der Waals surface area contributed by atoms with E-state index in [1.54, 1.807) is 0 Å². The fraction of sp³-hybridized carbons (Fsp3) is 0.100. The first-order valence-electron chi connectivity index (χ1n) is 11.9. The largest absolute Gasteiger partial charge is 0.347 e. The van der Waals surface area contributed by atoms with Gasteiger partial charge in [-0.15, -0.1) is 0 Å². The van der Waals surface area contributed by atoms with Gasteiger partial charge in [-0.2, -0.15) is 0 Å². The maximum Gasteiger partial charge on any atom is 0.215 e. The predicted octanol–water partition coefficient (Wildman–Crippen LogP) is 4.92. The Labute approximate surface area is 205 Å². The number of hydrogen-bond donors (Lipinski definition) is 0. The van der Waals surface area contributed by atoms with E-state index in [2.05, 4.69) is 139 Å². The van der Waals surface area contributed by atoms with E-state index in [-0.39, 0.29) is 5.82 Å². The molecule has 0 spiro atoms. The summed E-state index contributed by atoms with van der Waals surface area (Å²) in [6, 6.07) is 43.3. The van der Waals surface area contributed by atoms with Gasteiger partial charge in [0.2, 0.25) is 7.28 Å². The summed E-state index contributed by atoms with van der Waals surface area (Å²) >= 11 is 0. The van der Waals surface area contributed by atoms with Crippen LogP contribution >= 0.6 is 0 Å². The molecule has 1 aromatic heterocycles. The molecule has 4 heteroatoms. The summed E-state index contributed by atoms with van der Waals surface area (Å²) in [4.78, 5) is 4.76. The summed E-state index contributed by atoms with van der Waals surface area (Å²) in [6.07, 6.45) is 5.11. The summed E-state index contributed by atoms with van der Waals surface area (Å²) in [5, 5.41) is 0. The van der Waals surface area contributed by atoms with Crippen molar-refractivity contribution in [1.29, 1.82) is 0 Å². The Morgan fingerprint density at radius 2 is 1.06 bits per heavy atom. The van der Waals surface area contributed by atoms with Crippen molar-refractivity contribution >= 4 is 22.5 Å². The van der Waals surface area contributed by atoms with Gasteiger partial charge in [-0.25, -0.2) is 0 Å². The number of aromatic nitrogens is 2. The summed E-state index contributed by atoms with van der Waals surface area (Å²) in [7, 11) is 1.80. The minimum absolute atomic E-state index is 0.171. The van der Waals surface area contributed by atoms with E-state index < -0.39 is 9.52 Å². The lowest BCUT2D eigenvalue weighted by molar-refractivity contribution is 0.884.